The number of aromatic nitrogens is 2. The first-order chi connectivity index (χ1) is 20.1. The van der Waals surface area contributed by atoms with Crippen molar-refractivity contribution < 1.29 is 50.2 Å². The third-order valence-electron chi connectivity index (χ3n) is 7.67. The highest BCUT2D eigenvalue weighted by molar-refractivity contribution is 7.92. The van der Waals surface area contributed by atoms with Crippen LogP contribution >= 0.6 is 0 Å². The standard InChI is InChI=1S/C26H21F4N5O7S/c1-33-9-16(8-31-33)14-2-4-18-20(7-14)43(40,41)13-24(18)22(37)34(23(38)32-24)11-21(36)35-10-15-6-17(27)3-5-19(15)42-12-25(35,39)26(28,29)30/h2-9,39H,10-13H2,1H3,(H,32,38)/t24-,25+/m1/s1. The third kappa shape index (κ3) is 4.32. The maximum absolute atomic E-state index is 14.1. The number of nitrogens with zero attached hydrogens (tertiary/aromatic N) is 4. The Kier molecular flexibility index (Phi) is 6.15. The molecule has 2 N–H and O–H groups in total. The number of fused-ring (bicyclic) bond motifs is 3. The molecule has 1 spiro atoms. The molecule has 6 rings (SSSR count). The van der Waals surface area contributed by atoms with E-state index in [1.54, 1.807) is 13.2 Å². The van der Waals surface area contributed by atoms with Crippen LogP contribution in [0.1, 0.15) is 11.1 Å². The van der Waals surface area contributed by atoms with E-state index in [2.05, 4.69) is 10.4 Å². The van der Waals surface area contributed by atoms with E-state index in [0.29, 0.717) is 11.1 Å². The van der Waals surface area contributed by atoms with Crippen molar-refractivity contribution in [2.24, 2.45) is 7.05 Å². The smallest absolute Gasteiger partial charge is 0.440 e. The minimum Gasteiger partial charge on any atom is -0.488 e. The molecule has 43 heavy (non-hydrogen) atoms. The van der Waals surface area contributed by atoms with Gasteiger partial charge in [0.15, 0.2) is 15.4 Å². The van der Waals surface area contributed by atoms with E-state index in [1.165, 1.54) is 29.1 Å². The largest absolute Gasteiger partial charge is 0.488 e. The van der Waals surface area contributed by atoms with Crippen LogP contribution in [0, 0.1) is 5.82 Å². The first-order valence-corrected chi connectivity index (χ1v) is 14.2. The van der Waals surface area contributed by atoms with Crippen LogP contribution in [0.3, 0.4) is 0 Å². The molecule has 0 unspecified atom stereocenters. The predicted octanol–water partition coefficient (Wildman–Crippen LogP) is 1.43. The molecule has 4 amide bonds. The molecule has 1 fully saturated rings. The monoisotopic (exact) mass is 623 g/mol. The Hall–Kier alpha value is -4.51. The van der Waals surface area contributed by atoms with E-state index in [9.17, 15) is 45.5 Å². The van der Waals surface area contributed by atoms with Gasteiger partial charge in [-0.05, 0) is 29.8 Å². The van der Waals surface area contributed by atoms with Gasteiger partial charge in [-0.3, -0.25) is 24.1 Å². The molecule has 1 saturated heterocycles. The van der Waals surface area contributed by atoms with Crippen molar-refractivity contribution in [3.8, 4) is 16.9 Å². The van der Waals surface area contributed by atoms with E-state index in [-0.39, 0.29) is 31.6 Å². The Morgan fingerprint density at radius 1 is 1.16 bits per heavy atom. The number of carbonyl (C=O) groups is 3. The van der Waals surface area contributed by atoms with Gasteiger partial charge in [-0.25, -0.2) is 17.6 Å². The maximum Gasteiger partial charge on any atom is 0.440 e. The van der Waals surface area contributed by atoms with Crippen molar-refractivity contribution in [2.45, 2.75) is 28.9 Å². The number of carbonyl (C=O) groups excluding carboxylic acids is 3. The first kappa shape index (κ1) is 28.6. The number of aryl methyl sites for hydroxylation is 1. The van der Waals surface area contributed by atoms with Crippen LogP contribution in [0.4, 0.5) is 22.4 Å². The number of amides is 4. The molecule has 12 nitrogen and oxygen atoms in total. The Morgan fingerprint density at radius 2 is 1.91 bits per heavy atom. The summed E-state index contributed by atoms with van der Waals surface area (Å²) < 4.78 is 89.1. The molecule has 17 heteroatoms. The number of hydrogen-bond acceptors (Lipinski definition) is 8. The molecule has 4 heterocycles. The number of hydrogen-bond donors (Lipinski definition) is 2. The fourth-order valence-corrected chi connectivity index (χ4v) is 7.45. The molecule has 2 atom stereocenters. The summed E-state index contributed by atoms with van der Waals surface area (Å²) in [5.74, 6) is -4.68. The number of ether oxygens (including phenoxy) is 1. The van der Waals surface area contributed by atoms with Crippen LogP contribution in [0.2, 0.25) is 0 Å². The van der Waals surface area contributed by atoms with Gasteiger partial charge in [-0.15, -0.1) is 0 Å². The molecule has 2 aromatic carbocycles. The summed E-state index contributed by atoms with van der Waals surface area (Å²) in [6.45, 7) is -3.75. The normalized spacial score (nSPS) is 24.4. The summed E-state index contributed by atoms with van der Waals surface area (Å²) in [6, 6.07) is 5.72. The highest BCUT2D eigenvalue weighted by atomic mass is 32.2. The van der Waals surface area contributed by atoms with Crippen LogP contribution in [0.25, 0.3) is 11.1 Å². The number of nitrogens with one attached hydrogen (secondary N) is 1. The molecule has 1 aromatic heterocycles. The zero-order valence-corrected chi connectivity index (χ0v) is 22.9. The molecule has 0 bridgehead atoms. The van der Waals surface area contributed by atoms with Crippen molar-refractivity contribution in [2.75, 3.05) is 18.9 Å². The molecular weight excluding hydrogens is 602 g/mol. The van der Waals surface area contributed by atoms with Crippen LogP contribution in [0.5, 0.6) is 5.75 Å². The zero-order chi connectivity index (χ0) is 31.1. The molecule has 0 aliphatic carbocycles. The van der Waals surface area contributed by atoms with Gasteiger partial charge in [0.1, 0.15) is 24.7 Å². The highest BCUT2D eigenvalue weighted by Crippen LogP contribution is 2.44. The van der Waals surface area contributed by atoms with Gasteiger partial charge in [-0.2, -0.15) is 18.3 Å². The Balaban J connectivity index is 1.33. The number of urea groups is 1. The lowest BCUT2D eigenvalue weighted by molar-refractivity contribution is -0.317. The molecule has 0 radical (unpaired) electrons. The summed E-state index contributed by atoms with van der Waals surface area (Å²) in [7, 11) is -2.49. The number of sulfone groups is 1. The number of imide groups is 1. The van der Waals surface area contributed by atoms with E-state index in [1.807, 2.05) is 0 Å². The fourth-order valence-electron chi connectivity index (χ4n) is 5.49. The van der Waals surface area contributed by atoms with Crippen LogP contribution in [-0.4, -0.2) is 81.8 Å². The van der Waals surface area contributed by atoms with Crippen LogP contribution < -0.4 is 10.1 Å². The van der Waals surface area contributed by atoms with E-state index < -0.39 is 76.4 Å². The van der Waals surface area contributed by atoms with Crippen molar-refractivity contribution in [3.63, 3.8) is 0 Å². The lowest BCUT2D eigenvalue weighted by atomic mass is 9.91. The summed E-state index contributed by atoms with van der Waals surface area (Å²) >= 11 is 0. The quantitative estimate of drug-likeness (QED) is 0.329. The van der Waals surface area contributed by atoms with Crippen LogP contribution in [-0.2, 0) is 38.6 Å². The predicted molar refractivity (Wildman–Crippen MR) is 136 cm³/mol. The average Bonchev–Trinajstić information content (AvgIpc) is 3.49. The minimum atomic E-state index is -5.47. The summed E-state index contributed by atoms with van der Waals surface area (Å²) in [4.78, 5) is 40.0. The number of halogens is 4. The number of rotatable bonds is 3. The van der Waals surface area contributed by atoms with Crippen LogP contribution in [0.15, 0.2) is 53.7 Å². The van der Waals surface area contributed by atoms with E-state index in [0.717, 1.165) is 18.2 Å². The van der Waals surface area contributed by atoms with Gasteiger partial charge in [0.05, 0.1) is 23.4 Å². The molecule has 3 aliphatic rings. The van der Waals surface area contributed by atoms with E-state index >= 15 is 0 Å². The lowest BCUT2D eigenvalue weighted by Crippen LogP contribution is -2.64. The SMILES string of the molecule is Cn1cc(-c2ccc3c(c2)S(=O)(=O)C[C@@]32NC(=O)N(CC(=O)N3Cc4cc(F)ccc4OC[C@]3(O)C(F)(F)F)C2=O)cn1. The topological polar surface area (TPSA) is 151 Å². The second-order valence-electron chi connectivity index (χ2n) is 10.4. The van der Waals surface area contributed by atoms with Crippen molar-refractivity contribution in [1.82, 2.24) is 24.9 Å². The fraction of sp³-hybridized carbons (Fsp3) is 0.308. The van der Waals surface area contributed by atoms with Gasteiger partial charge in [0.2, 0.25) is 5.91 Å². The minimum absolute atomic E-state index is 0.0522. The molecule has 0 saturated carbocycles. The summed E-state index contributed by atoms with van der Waals surface area (Å²) in [5, 5.41) is 17.0. The Morgan fingerprint density at radius 3 is 2.58 bits per heavy atom. The summed E-state index contributed by atoms with van der Waals surface area (Å²) in [5.41, 5.74) is -5.30. The molecule has 226 valence electrons. The van der Waals surface area contributed by atoms with Gasteiger partial charge in [0.25, 0.3) is 11.6 Å². The third-order valence-corrected chi connectivity index (χ3v) is 9.49. The molecule has 3 aromatic rings. The van der Waals surface area contributed by atoms with Gasteiger partial charge >= 0.3 is 12.2 Å². The lowest BCUT2D eigenvalue weighted by Gasteiger charge is -2.38. The number of benzene rings is 2. The van der Waals surface area contributed by atoms with Crippen molar-refractivity contribution >= 4 is 27.7 Å². The second kappa shape index (κ2) is 9.24. The first-order valence-electron chi connectivity index (χ1n) is 12.6. The average molecular weight is 624 g/mol. The highest BCUT2D eigenvalue weighted by Gasteiger charge is 2.63. The molecule has 3 aliphatic heterocycles. The van der Waals surface area contributed by atoms with E-state index in [4.69, 9.17) is 4.74 Å². The van der Waals surface area contributed by atoms with Gasteiger partial charge in [0, 0.05) is 29.9 Å². The summed E-state index contributed by atoms with van der Waals surface area (Å²) in [6.07, 6.45) is -2.33. The zero-order valence-electron chi connectivity index (χ0n) is 22.1. The maximum atomic E-state index is 14.1. The van der Waals surface area contributed by atoms with Crippen molar-refractivity contribution in [1.29, 1.82) is 0 Å². The molecular formula is C26H21F4N5O7S. The number of alkyl halides is 3. The van der Waals surface area contributed by atoms with Crippen molar-refractivity contribution in [3.05, 3.63) is 65.7 Å². The number of aliphatic hydroxyl groups is 1. The van der Waals surface area contributed by atoms with Gasteiger partial charge in [-0.1, -0.05) is 12.1 Å². The second-order valence-corrected chi connectivity index (χ2v) is 12.4. The van der Waals surface area contributed by atoms with Gasteiger partial charge < -0.3 is 15.2 Å². The Bertz CT molecular complexity index is 1830. The Labute approximate surface area is 240 Å².